The van der Waals surface area contributed by atoms with Gasteiger partial charge >= 0.3 is 0 Å². The molecule has 1 aromatic heterocycles. The maximum absolute atomic E-state index is 4.63. The topological polar surface area (TPSA) is 17.3 Å². The molecule has 0 unspecified atom stereocenters. The first-order chi connectivity index (χ1) is 12.3. The third-order valence-corrected chi connectivity index (χ3v) is 4.85. The lowest BCUT2D eigenvalue weighted by atomic mass is 9.87. The molecule has 26 heavy (non-hydrogen) atoms. The fraction of sp³-hybridized carbons (Fsp3) is 0.292. The summed E-state index contributed by atoms with van der Waals surface area (Å²) in [6.07, 6.45) is 1.97. The molecule has 0 amide bonds. The minimum Gasteiger partial charge on any atom is -0.318 e. The molecular formula is C24H28N2. The molecule has 134 valence electrons. The predicted octanol–water partition coefficient (Wildman–Crippen LogP) is 6.45. The number of aryl methyl sites for hydroxylation is 2. The van der Waals surface area contributed by atoms with Gasteiger partial charge in [0.2, 0.25) is 0 Å². The number of rotatable bonds is 3. The zero-order valence-corrected chi connectivity index (χ0v) is 16.7. The van der Waals surface area contributed by atoms with E-state index in [1.807, 2.05) is 6.21 Å². The monoisotopic (exact) mass is 344 g/mol. The second-order valence-corrected chi connectivity index (χ2v) is 8.05. The molecule has 2 heteroatoms. The number of hydrogen-bond donors (Lipinski definition) is 0. The van der Waals surface area contributed by atoms with Gasteiger partial charge in [-0.25, -0.2) is 0 Å². The van der Waals surface area contributed by atoms with Crippen LogP contribution < -0.4 is 0 Å². The van der Waals surface area contributed by atoms with E-state index in [4.69, 9.17) is 0 Å². The van der Waals surface area contributed by atoms with Crippen LogP contribution in [0.15, 0.2) is 59.6 Å². The van der Waals surface area contributed by atoms with E-state index in [1.54, 1.807) is 0 Å². The Balaban J connectivity index is 1.92. The van der Waals surface area contributed by atoms with Crippen molar-refractivity contribution in [1.82, 2.24) is 4.57 Å². The summed E-state index contributed by atoms with van der Waals surface area (Å²) < 4.78 is 2.29. The van der Waals surface area contributed by atoms with Crippen molar-refractivity contribution < 1.29 is 0 Å². The molecule has 0 spiro atoms. The molecule has 1 heterocycles. The van der Waals surface area contributed by atoms with Gasteiger partial charge in [-0.05, 0) is 62.1 Å². The molecule has 0 aliphatic heterocycles. The molecule has 2 nitrogen and oxygen atoms in total. The maximum atomic E-state index is 4.63. The Morgan fingerprint density at radius 3 is 2.04 bits per heavy atom. The zero-order chi connectivity index (χ0) is 18.9. The van der Waals surface area contributed by atoms with Gasteiger partial charge in [-0.3, -0.25) is 4.99 Å². The molecule has 0 aliphatic carbocycles. The van der Waals surface area contributed by atoms with Crippen molar-refractivity contribution in [3.63, 3.8) is 0 Å². The van der Waals surface area contributed by atoms with Crippen LogP contribution in [0, 0.1) is 20.8 Å². The van der Waals surface area contributed by atoms with Crippen molar-refractivity contribution >= 4 is 11.9 Å². The Morgan fingerprint density at radius 1 is 0.846 bits per heavy atom. The summed E-state index contributed by atoms with van der Waals surface area (Å²) in [5.41, 5.74) is 8.54. The van der Waals surface area contributed by atoms with Gasteiger partial charge in [-0.1, -0.05) is 50.6 Å². The highest BCUT2D eigenvalue weighted by molar-refractivity contribution is 5.84. The normalized spacial score (nSPS) is 12.1. The van der Waals surface area contributed by atoms with Crippen LogP contribution in [0.4, 0.5) is 5.69 Å². The first kappa shape index (κ1) is 18.2. The summed E-state index contributed by atoms with van der Waals surface area (Å²) in [5, 5.41) is 0. The van der Waals surface area contributed by atoms with Crippen LogP contribution >= 0.6 is 0 Å². The van der Waals surface area contributed by atoms with E-state index in [1.165, 1.54) is 28.2 Å². The van der Waals surface area contributed by atoms with Crippen molar-refractivity contribution in [3.05, 3.63) is 82.7 Å². The number of nitrogens with zero attached hydrogens (tertiary/aromatic N) is 2. The summed E-state index contributed by atoms with van der Waals surface area (Å²) in [6, 6.07) is 19.4. The molecule has 0 saturated heterocycles. The first-order valence-electron chi connectivity index (χ1n) is 9.16. The molecule has 0 N–H and O–H groups in total. The van der Waals surface area contributed by atoms with Gasteiger partial charge in [0.05, 0.1) is 5.69 Å². The Morgan fingerprint density at radius 2 is 1.46 bits per heavy atom. The van der Waals surface area contributed by atoms with Crippen molar-refractivity contribution in [2.75, 3.05) is 0 Å². The quantitative estimate of drug-likeness (QED) is 0.486. The van der Waals surface area contributed by atoms with E-state index in [2.05, 4.69) is 106 Å². The van der Waals surface area contributed by atoms with E-state index in [0.717, 1.165) is 11.3 Å². The van der Waals surface area contributed by atoms with Gasteiger partial charge in [0, 0.05) is 28.9 Å². The lowest BCUT2D eigenvalue weighted by Crippen LogP contribution is -2.11. The molecule has 3 rings (SSSR count). The van der Waals surface area contributed by atoms with E-state index in [9.17, 15) is 0 Å². The molecular weight excluding hydrogens is 316 g/mol. The van der Waals surface area contributed by atoms with Crippen molar-refractivity contribution in [1.29, 1.82) is 0 Å². The summed E-state index contributed by atoms with van der Waals surface area (Å²) in [6.45, 7) is 13.1. The van der Waals surface area contributed by atoms with Gasteiger partial charge < -0.3 is 4.57 Å². The van der Waals surface area contributed by atoms with Crippen LogP contribution in [0.2, 0.25) is 0 Å². The van der Waals surface area contributed by atoms with Gasteiger partial charge in [0.25, 0.3) is 0 Å². The summed E-state index contributed by atoms with van der Waals surface area (Å²) in [5.74, 6) is 0. The highest BCUT2D eigenvalue weighted by Crippen LogP contribution is 2.25. The average Bonchev–Trinajstić information content (AvgIpc) is 2.87. The summed E-state index contributed by atoms with van der Waals surface area (Å²) in [7, 11) is 0. The number of hydrogen-bond acceptors (Lipinski definition) is 1. The Labute approximate surface area is 157 Å². The Hall–Kier alpha value is -2.61. The number of aromatic nitrogens is 1. The van der Waals surface area contributed by atoms with E-state index in [0.29, 0.717) is 0 Å². The molecule has 0 saturated carbocycles. The second-order valence-electron chi connectivity index (χ2n) is 8.05. The molecule has 2 aromatic carbocycles. The SMILES string of the molecule is Cc1ccc(N=Cc2cc(C)n(-c3ccc(C(C)(C)C)cc3)c2C)cc1. The standard InChI is InChI=1S/C24H28N2/c1-17-7-11-22(12-8-17)25-16-20-15-18(2)26(19(20)3)23-13-9-21(10-14-23)24(4,5)6/h7-16H,1-6H3. The first-order valence-corrected chi connectivity index (χ1v) is 9.16. The Kier molecular flexibility index (Phi) is 4.86. The fourth-order valence-electron chi connectivity index (χ4n) is 3.20. The number of aliphatic imine (C=N–C) groups is 1. The van der Waals surface area contributed by atoms with E-state index in [-0.39, 0.29) is 5.41 Å². The summed E-state index contributed by atoms with van der Waals surface area (Å²) in [4.78, 5) is 4.63. The minimum atomic E-state index is 0.172. The third kappa shape index (κ3) is 3.80. The highest BCUT2D eigenvalue weighted by Gasteiger charge is 2.14. The maximum Gasteiger partial charge on any atom is 0.0630 e. The summed E-state index contributed by atoms with van der Waals surface area (Å²) >= 11 is 0. The average molecular weight is 345 g/mol. The van der Waals surface area contributed by atoms with Gasteiger partial charge in [-0.15, -0.1) is 0 Å². The van der Waals surface area contributed by atoms with Gasteiger partial charge in [-0.2, -0.15) is 0 Å². The molecule has 0 atom stereocenters. The Bertz CT molecular complexity index is 918. The molecule has 0 bridgehead atoms. The molecule has 0 fully saturated rings. The van der Waals surface area contributed by atoms with Crippen LogP contribution in [0.3, 0.4) is 0 Å². The highest BCUT2D eigenvalue weighted by atomic mass is 15.0. The van der Waals surface area contributed by atoms with Crippen LogP contribution in [0.5, 0.6) is 0 Å². The fourth-order valence-corrected chi connectivity index (χ4v) is 3.20. The van der Waals surface area contributed by atoms with Crippen LogP contribution in [0.1, 0.15) is 48.8 Å². The zero-order valence-electron chi connectivity index (χ0n) is 16.7. The number of benzene rings is 2. The third-order valence-electron chi connectivity index (χ3n) is 4.85. The van der Waals surface area contributed by atoms with Crippen molar-refractivity contribution in [2.45, 2.75) is 47.0 Å². The smallest absolute Gasteiger partial charge is 0.0630 e. The molecule has 0 aliphatic rings. The lowest BCUT2D eigenvalue weighted by molar-refractivity contribution is 0.590. The van der Waals surface area contributed by atoms with Gasteiger partial charge in [0.1, 0.15) is 0 Å². The van der Waals surface area contributed by atoms with E-state index < -0.39 is 0 Å². The van der Waals surface area contributed by atoms with Crippen LogP contribution in [-0.2, 0) is 5.41 Å². The van der Waals surface area contributed by atoms with E-state index >= 15 is 0 Å². The van der Waals surface area contributed by atoms with Gasteiger partial charge in [0.15, 0.2) is 0 Å². The van der Waals surface area contributed by atoms with Crippen molar-refractivity contribution in [3.8, 4) is 5.69 Å². The largest absolute Gasteiger partial charge is 0.318 e. The lowest BCUT2D eigenvalue weighted by Gasteiger charge is -2.20. The predicted molar refractivity (Wildman–Crippen MR) is 112 cm³/mol. The molecule has 0 radical (unpaired) electrons. The van der Waals surface area contributed by atoms with Crippen molar-refractivity contribution in [2.24, 2.45) is 4.99 Å². The van der Waals surface area contributed by atoms with Crippen LogP contribution in [-0.4, -0.2) is 10.8 Å². The second kappa shape index (κ2) is 6.95. The van der Waals surface area contributed by atoms with Crippen LogP contribution in [0.25, 0.3) is 5.69 Å². The molecule has 3 aromatic rings. The minimum absolute atomic E-state index is 0.172.